The van der Waals surface area contributed by atoms with Gasteiger partial charge in [-0.05, 0) is 199 Å². The molecule has 14 heteroatoms. The first-order valence-electron chi connectivity index (χ1n) is 46.6. The van der Waals surface area contributed by atoms with E-state index >= 15 is 0 Å². The highest BCUT2D eigenvalue weighted by atomic mass is 16.7. The van der Waals surface area contributed by atoms with Crippen molar-refractivity contribution in [3.05, 3.63) is 130 Å². The molecule has 2 aliphatic heterocycles. The van der Waals surface area contributed by atoms with Gasteiger partial charge in [-0.15, -0.1) is 0 Å². The van der Waals surface area contributed by atoms with Crippen LogP contribution in [0, 0.1) is 27.7 Å². The lowest BCUT2D eigenvalue weighted by Gasteiger charge is -2.51. The lowest BCUT2D eigenvalue weighted by atomic mass is 9.69. The van der Waals surface area contributed by atoms with E-state index in [1.165, 1.54) is 216 Å². The summed E-state index contributed by atoms with van der Waals surface area (Å²) in [7, 11) is 1.62. The van der Waals surface area contributed by atoms with E-state index in [1.807, 2.05) is 88.4 Å². The number of phenolic OH excluding ortho intramolecular Hbond substituents is 6. The lowest BCUT2D eigenvalue weighted by Crippen LogP contribution is -2.55. The number of hydrogen-bond acceptors (Lipinski definition) is 14. The van der Waals surface area contributed by atoms with Gasteiger partial charge >= 0.3 is 0 Å². The van der Waals surface area contributed by atoms with Gasteiger partial charge in [-0.1, -0.05) is 257 Å². The van der Waals surface area contributed by atoms with E-state index in [9.17, 15) is 30.6 Å². The number of ether oxygens (including phenoxy) is 5. The number of benzene rings is 6. The third-order valence-corrected chi connectivity index (χ3v) is 23.2. The number of anilines is 3. The van der Waals surface area contributed by atoms with Crippen LogP contribution in [0.2, 0.25) is 0 Å². The molecule has 0 saturated heterocycles. The Balaban J connectivity index is 0.000000312. The van der Waals surface area contributed by atoms with Crippen LogP contribution in [0.5, 0.6) is 63.2 Å². The summed E-state index contributed by atoms with van der Waals surface area (Å²) in [6, 6.07) is 29.1. The Morgan fingerprint density at radius 3 is 1.14 bits per heavy atom. The van der Waals surface area contributed by atoms with Gasteiger partial charge in [0.05, 0.1) is 19.8 Å². The maximum atomic E-state index is 10.2. The number of aryl methyl sites for hydroxylation is 5. The summed E-state index contributed by atoms with van der Waals surface area (Å²) in [4.78, 5) is 7.50. The minimum Gasteiger partial charge on any atom is -0.508 e. The van der Waals surface area contributed by atoms with Crippen LogP contribution in [0.3, 0.4) is 0 Å². The SMILES string of the molecule is CCC(CC)Oc1cc(C)ccc1O.CCCCCCN(CCCCCC)c1cc(C)c(O)c(OC)c1.CCCCCCOc1cc(N(CCCCCC)CCCCCC)ccc1O.CCCCCCc1cc(N(CCCCCC)CCCCCC)ccc1O.Cc1cc2c(cc1O)C(C)(C)CC1(CC(C)(C)c3cc(O)c(C)cc3O1)O2. The lowest BCUT2D eigenvalue weighted by molar-refractivity contribution is -0.166. The molecule has 0 radical (unpaired) electrons. The van der Waals surface area contributed by atoms with Crippen LogP contribution in [0.4, 0.5) is 17.1 Å². The number of unbranched alkanes of at least 4 members (excludes halogenated alkanes) is 24. The van der Waals surface area contributed by atoms with Crippen LogP contribution >= 0.6 is 0 Å². The summed E-state index contributed by atoms with van der Waals surface area (Å²) in [6.45, 7) is 45.8. The largest absolute Gasteiger partial charge is 0.508 e. The zero-order valence-corrected chi connectivity index (χ0v) is 77.4. The van der Waals surface area contributed by atoms with Gasteiger partial charge in [0.1, 0.15) is 28.7 Å². The van der Waals surface area contributed by atoms with Crippen molar-refractivity contribution in [3.63, 3.8) is 0 Å². The van der Waals surface area contributed by atoms with Gasteiger partial charge in [0.2, 0.25) is 0 Å². The molecule has 0 aromatic heterocycles. The zero-order valence-electron chi connectivity index (χ0n) is 77.4. The fourth-order valence-corrected chi connectivity index (χ4v) is 15.9. The summed E-state index contributed by atoms with van der Waals surface area (Å²) < 4.78 is 29.9. The first-order valence-corrected chi connectivity index (χ1v) is 46.6. The molecule has 8 rings (SSSR count). The van der Waals surface area contributed by atoms with Crippen molar-refractivity contribution in [2.24, 2.45) is 0 Å². The van der Waals surface area contributed by atoms with Gasteiger partial charge in [-0.25, -0.2) is 0 Å². The van der Waals surface area contributed by atoms with Crippen molar-refractivity contribution in [1.29, 1.82) is 0 Å². The Morgan fingerprint density at radius 2 is 0.726 bits per heavy atom. The van der Waals surface area contributed by atoms with Gasteiger partial charge in [0.15, 0.2) is 34.5 Å². The zero-order chi connectivity index (χ0) is 86.2. The van der Waals surface area contributed by atoms with Gasteiger partial charge in [-0.3, -0.25) is 0 Å². The molecular weight excluding hydrogens is 1460 g/mol. The Hall–Kier alpha value is -7.48. The van der Waals surface area contributed by atoms with Gasteiger partial charge in [-0.2, -0.15) is 0 Å². The highest BCUT2D eigenvalue weighted by molar-refractivity contribution is 5.61. The third kappa shape index (κ3) is 36.2. The number of rotatable bonds is 49. The molecule has 14 nitrogen and oxygen atoms in total. The van der Waals surface area contributed by atoms with Crippen LogP contribution in [0.25, 0.3) is 0 Å². The smallest absolute Gasteiger partial charge is 0.252 e. The molecule has 6 aromatic rings. The summed E-state index contributed by atoms with van der Waals surface area (Å²) >= 11 is 0. The van der Waals surface area contributed by atoms with E-state index in [-0.39, 0.29) is 34.2 Å². The van der Waals surface area contributed by atoms with Crippen LogP contribution in [0.15, 0.2) is 91.0 Å². The van der Waals surface area contributed by atoms with Crippen molar-refractivity contribution in [2.75, 3.05) is 67.7 Å². The molecule has 2 aliphatic rings. The summed E-state index contributed by atoms with van der Waals surface area (Å²) in [6.07, 6.45) is 45.0. The second kappa shape index (κ2) is 56.1. The summed E-state index contributed by atoms with van der Waals surface area (Å²) in [5, 5.41) is 60.4. The predicted octanol–water partition coefficient (Wildman–Crippen LogP) is 29.0. The Bertz CT molecular complexity index is 3560. The molecule has 1 spiro atoms. The van der Waals surface area contributed by atoms with Crippen LogP contribution < -0.4 is 38.4 Å². The topological polar surface area (TPSA) is 177 Å². The quantitative estimate of drug-likeness (QED) is 0.0199. The molecule has 0 aliphatic carbocycles. The second-order valence-electron chi connectivity index (χ2n) is 34.9. The van der Waals surface area contributed by atoms with Crippen molar-refractivity contribution >= 4 is 17.1 Å². The summed E-state index contributed by atoms with van der Waals surface area (Å²) in [5.41, 5.74) is 9.94. The number of methoxy groups -OCH3 is 1. The van der Waals surface area contributed by atoms with E-state index in [2.05, 4.69) is 130 Å². The van der Waals surface area contributed by atoms with E-state index in [4.69, 9.17) is 23.7 Å². The van der Waals surface area contributed by atoms with Gasteiger partial charge in [0, 0.05) is 103 Å². The molecule has 0 unspecified atom stereocenters. The molecule has 0 bridgehead atoms. The minimum atomic E-state index is -0.778. The minimum absolute atomic E-state index is 0.197. The number of nitrogens with zero attached hydrogens (tertiary/aromatic N) is 3. The standard InChI is InChI=1S/C24H43NO2.C24H43NO.C23H28O4.C20H35NO2.C12H18O2/c1-4-7-10-13-18-25(19-14-11-8-5-2)22-16-17-23(26)24(21-22)27-20-15-12-9-6-3;1-4-7-10-13-16-22-21-23(17-18-24(22)26)25(19-14-11-8-5-2)20-15-12-9-6-3;1-13-7-19-15(9-17(13)24)21(3,4)11-23(26-19)12-22(5,6)16-10-18(25)14(2)8-20(16)27-23;1-5-7-9-11-13-21(14-12-10-8-6-2)18-15-17(3)20(22)19(16-18)23-4;1-4-10(5-2)14-12-8-9(3)6-7-11(12)13/h16-17,21,26H,4-15,18-20H2,1-3H3;17-18,21,26H,4-16,19-20H2,1-3H3;7-10,24-25H,11-12H2,1-6H3;15-16,22H,5-14H2,1-4H3;6-8,10,13H,4-5H2,1-3H3. The monoisotopic (exact) mass is 1620 g/mol. The number of phenols is 6. The molecule has 0 saturated carbocycles. The average Bonchev–Trinajstić information content (AvgIpc) is 0.721. The predicted molar refractivity (Wildman–Crippen MR) is 497 cm³/mol. The molecule has 0 atom stereocenters. The van der Waals surface area contributed by atoms with Gasteiger partial charge < -0.3 is 69.0 Å². The van der Waals surface area contributed by atoms with Crippen molar-refractivity contribution < 1.29 is 54.3 Å². The third-order valence-electron chi connectivity index (χ3n) is 23.2. The molecule has 2 heterocycles. The maximum Gasteiger partial charge on any atom is 0.252 e. The van der Waals surface area contributed by atoms with Crippen LogP contribution in [-0.4, -0.2) is 95.5 Å². The summed E-state index contributed by atoms with van der Waals surface area (Å²) in [5.74, 6) is 4.38. The van der Waals surface area contributed by atoms with E-state index < -0.39 is 5.79 Å². The molecule has 0 amide bonds. The highest BCUT2D eigenvalue weighted by Crippen LogP contribution is 2.55. The molecule has 6 aromatic carbocycles. The number of hydrogen-bond donors (Lipinski definition) is 6. The van der Waals surface area contributed by atoms with E-state index in [0.717, 1.165) is 115 Å². The van der Waals surface area contributed by atoms with Crippen LogP contribution in [0.1, 0.15) is 367 Å². The molecule has 0 fully saturated rings. The van der Waals surface area contributed by atoms with E-state index in [0.29, 0.717) is 53.9 Å². The number of aromatic hydroxyl groups is 6. The van der Waals surface area contributed by atoms with E-state index in [1.54, 1.807) is 19.2 Å². The normalized spacial score (nSPS) is 13.2. The fourth-order valence-electron chi connectivity index (χ4n) is 15.9. The molecule has 117 heavy (non-hydrogen) atoms. The first-order chi connectivity index (χ1) is 56.2. The fraction of sp³-hybridized carbons (Fsp3) is 0.650. The highest BCUT2D eigenvalue weighted by Gasteiger charge is 2.53. The van der Waals surface area contributed by atoms with Crippen molar-refractivity contribution in [2.45, 2.75) is 385 Å². The molecule has 660 valence electrons. The van der Waals surface area contributed by atoms with Crippen LogP contribution in [-0.2, 0) is 17.3 Å². The van der Waals surface area contributed by atoms with Crippen molar-refractivity contribution in [3.8, 4) is 63.2 Å². The van der Waals surface area contributed by atoms with Gasteiger partial charge in [0.25, 0.3) is 5.79 Å². The number of fused-ring (bicyclic) bond motifs is 2. The Morgan fingerprint density at radius 1 is 0.359 bits per heavy atom. The Labute approximate surface area is 713 Å². The first kappa shape index (κ1) is 102. The maximum absolute atomic E-state index is 10.2. The average molecular weight is 1620 g/mol. The molecular formula is C103H167N3O11. The Kier molecular flexibility index (Phi) is 48.9. The second-order valence-corrected chi connectivity index (χ2v) is 34.9. The van der Waals surface area contributed by atoms with Crippen molar-refractivity contribution in [1.82, 2.24) is 0 Å². The molecule has 6 N–H and O–H groups in total.